The quantitative estimate of drug-likeness (QED) is 0.752. The number of benzene rings is 2. The molecular formula is C23H28FN3O2. The van der Waals surface area contributed by atoms with E-state index in [0.29, 0.717) is 30.6 Å². The summed E-state index contributed by atoms with van der Waals surface area (Å²) in [7, 11) is 0. The van der Waals surface area contributed by atoms with Crippen LogP contribution in [0.5, 0.6) is 11.5 Å². The Kier molecular flexibility index (Phi) is 6.11. The third-order valence-electron chi connectivity index (χ3n) is 6.04. The minimum Gasteiger partial charge on any atom is -0.457 e. The Labute approximate surface area is 171 Å². The molecule has 6 heteroatoms. The lowest BCUT2D eigenvalue weighted by Crippen LogP contribution is -2.53. The molecule has 1 amide bonds. The Bertz CT molecular complexity index is 848. The maximum absolute atomic E-state index is 14.3. The second-order valence-corrected chi connectivity index (χ2v) is 8.01. The predicted octanol–water partition coefficient (Wildman–Crippen LogP) is 3.33. The molecule has 1 atom stereocenters. The van der Waals surface area contributed by atoms with E-state index in [9.17, 15) is 9.18 Å². The van der Waals surface area contributed by atoms with Crippen LogP contribution in [0.15, 0.2) is 42.5 Å². The zero-order valence-corrected chi connectivity index (χ0v) is 16.6. The SMILES string of the molecule is NCCc1ccc(Oc2ccc(F)c(C(=O)NCC3CC4CCN3CC4)c2)cc1. The number of nitrogens with two attached hydrogens (primary N) is 1. The molecule has 0 saturated carbocycles. The summed E-state index contributed by atoms with van der Waals surface area (Å²) >= 11 is 0. The van der Waals surface area contributed by atoms with Gasteiger partial charge in [-0.2, -0.15) is 0 Å². The van der Waals surface area contributed by atoms with Crippen molar-refractivity contribution in [2.45, 2.75) is 31.7 Å². The summed E-state index contributed by atoms with van der Waals surface area (Å²) < 4.78 is 20.1. The Balaban J connectivity index is 1.39. The highest BCUT2D eigenvalue weighted by Crippen LogP contribution is 2.31. The van der Waals surface area contributed by atoms with Crippen LogP contribution in [0.25, 0.3) is 0 Å². The van der Waals surface area contributed by atoms with Crippen molar-refractivity contribution >= 4 is 5.91 Å². The molecule has 0 radical (unpaired) electrons. The van der Waals surface area contributed by atoms with Crippen molar-refractivity contribution in [3.8, 4) is 11.5 Å². The normalized spacial score (nSPS) is 23.0. The standard InChI is InChI=1S/C23H28FN3O2/c24-22-6-5-20(29-19-3-1-16(2-4-19)7-10-25)14-21(22)23(28)26-15-18-13-17-8-11-27(18)12-9-17/h1-6,14,17-18H,7-13,15,25H2,(H,26,28). The molecule has 1 unspecified atom stereocenters. The molecule has 2 aromatic rings. The highest BCUT2D eigenvalue weighted by atomic mass is 19.1. The summed E-state index contributed by atoms with van der Waals surface area (Å²) in [6.07, 6.45) is 4.43. The second-order valence-electron chi connectivity index (χ2n) is 8.01. The van der Waals surface area contributed by atoms with E-state index in [1.807, 2.05) is 24.3 Å². The fourth-order valence-electron chi connectivity index (χ4n) is 4.37. The van der Waals surface area contributed by atoms with Gasteiger partial charge in [-0.15, -0.1) is 0 Å². The highest BCUT2D eigenvalue weighted by Gasteiger charge is 2.33. The number of nitrogens with zero attached hydrogens (tertiary/aromatic N) is 1. The highest BCUT2D eigenvalue weighted by molar-refractivity contribution is 5.94. The predicted molar refractivity (Wildman–Crippen MR) is 111 cm³/mol. The van der Waals surface area contributed by atoms with Gasteiger partial charge in [-0.05, 0) is 87.1 Å². The van der Waals surface area contributed by atoms with Crippen LogP contribution in [-0.4, -0.2) is 43.0 Å². The lowest BCUT2D eigenvalue weighted by atomic mass is 9.83. The van der Waals surface area contributed by atoms with Crippen molar-refractivity contribution in [3.05, 3.63) is 59.4 Å². The maximum Gasteiger partial charge on any atom is 0.254 e. The molecule has 5 nitrogen and oxygen atoms in total. The number of carbonyl (C=O) groups is 1. The van der Waals surface area contributed by atoms with E-state index >= 15 is 0 Å². The molecule has 3 heterocycles. The minimum absolute atomic E-state index is 0.0122. The summed E-state index contributed by atoms with van der Waals surface area (Å²) in [5, 5.41) is 2.92. The van der Waals surface area contributed by atoms with Gasteiger partial charge >= 0.3 is 0 Å². The molecule has 154 valence electrons. The molecule has 0 aliphatic carbocycles. The molecule has 5 rings (SSSR count). The lowest BCUT2D eigenvalue weighted by Gasteiger charge is -2.45. The molecule has 3 aliphatic rings. The first-order valence-electron chi connectivity index (χ1n) is 10.4. The Morgan fingerprint density at radius 3 is 2.52 bits per heavy atom. The van der Waals surface area contributed by atoms with E-state index < -0.39 is 11.7 Å². The van der Waals surface area contributed by atoms with Crippen molar-refractivity contribution in [1.82, 2.24) is 10.2 Å². The van der Waals surface area contributed by atoms with Crippen LogP contribution in [-0.2, 0) is 6.42 Å². The largest absolute Gasteiger partial charge is 0.457 e. The maximum atomic E-state index is 14.3. The molecule has 0 spiro atoms. The first kappa shape index (κ1) is 19.9. The van der Waals surface area contributed by atoms with Gasteiger partial charge in [-0.1, -0.05) is 12.1 Å². The summed E-state index contributed by atoms with van der Waals surface area (Å²) in [5.74, 6) is 0.900. The molecule has 3 saturated heterocycles. The fourth-order valence-corrected chi connectivity index (χ4v) is 4.37. The fraction of sp³-hybridized carbons (Fsp3) is 0.435. The Morgan fingerprint density at radius 2 is 1.86 bits per heavy atom. The number of amides is 1. The number of hydrogen-bond donors (Lipinski definition) is 2. The van der Waals surface area contributed by atoms with Gasteiger partial charge in [0.2, 0.25) is 0 Å². The van der Waals surface area contributed by atoms with Crippen LogP contribution in [0.3, 0.4) is 0 Å². The smallest absolute Gasteiger partial charge is 0.254 e. The zero-order valence-electron chi connectivity index (χ0n) is 16.6. The van der Waals surface area contributed by atoms with E-state index in [4.69, 9.17) is 10.5 Å². The first-order valence-corrected chi connectivity index (χ1v) is 10.4. The molecule has 3 aliphatic heterocycles. The van der Waals surface area contributed by atoms with Gasteiger partial charge in [0.1, 0.15) is 17.3 Å². The van der Waals surface area contributed by atoms with Gasteiger partial charge < -0.3 is 15.8 Å². The minimum atomic E-state index is -0.543. The number of fused-ring (bicyclic) bond motifs is 3. The monoisotopic (exact) mass is 397 g/mol. The average molecular weight is 397 g/mol. The van der Waals surface area contributed by atoms with Crippen molar-refractivity contribution in [1.29, 1.82) is 0 Å². The van der Waals surface area contributed by atoms with Crippen molar-refractivity contribution in [2.24, 2.45) is 11.7 Å². The number of ether oxygens (including phenoxy) is 1. The van der Waals surface area contributed by atoms with E-state index in [2.05, 4.69) is 10.2 Å². The molecule has 29 heavy (non-hydrogen) atoms. The number of hydrogen-bond acceptors (Lipinski definition) is 4. The first-order chi connectivity index (χ1) is 14.1. The molecule has 0 aromatic heterocycles. The van der Waals surface area contributed by atoms with Gasteiger partial charge in [0.05, 0.1) is 5.56 Å². The Hall–Kier alpha value is -2.44. The summed E-state index contributed by atoms with van der Waals surface area (Å²) in [5.41, 5.74) is 6.71. The average Bonchev–Trinajstić information content (AvgIpc) is 2.76. The molecule has 2 aromatic carbocycles. The van der Waals surface area contributed by atoms with Crippen LogP contribution >= 0.6 is 0 Å². The van der Waals surface area contributed by atoms with Gasteiger partial charge in [0.15, 0.2) is 0 Å². The van der Waals surface area contributed by atoms with Gasteiger partial charge in [0, 0.05) is 12.6 Å². The molecule has 3 N–H and O–H groups in total. The molecular weight excluding hydrogens is 369 g/mol. The summed E-state index contributed by atoms with van der Waals surface area (Å²) in [4.78, 5) is 15.0. The van der Waals surface area contributed by atoms with Crippen molar-refractivity contribution < 1.29 is 13.9 Å². The lowest BCUT2D eigenvalue weighted by molar-refractivity contribution is 0.0481. The van der Waals surface area contributed by atoms with Gasteiger partial charge in [-0.25, -0.2) is 4.39 Å². The number of piperidine rings is 3. The third-order valence-corrected chi connectivity index (χ3v) is 6.04. The van der Waals surface area contributed by atoms with Crippen LogP contribution in [0.2, 0.25) is 0 Å². The molecule has 3 fully saturated rings. The van der Waals surface area contributed by atoms with E-state index in [-0.39, 0.29) is 5.56 Å². The van der Waals surface area contributed by atoms with E-state index in [0.717, 1.165) is 37.4 Å². The third kappa shape index (κ3) is 4.77. The van der Waals surface area contributed by atoms with Gasteiger partial charge in [0.25, 0.3) is 5.91 Å². The number of carbonyl (C=O) groups excluding carboxylic acids is 1. The Morgan fingerprint density at radius 1 is 1.14 bits per heavy atom. The second kappa shape index (κ2) is 8.93. The number of halogens is 1. The topological polar surface area (TPSA) is 67.6 Å². The summed E-state index contributed by atoms with van der Waals surface area (Å²) in [6, 6.07) is 12.2. The van der Waals surface area contributed by atoms with Crippen LogP contribution in [0.1, 0.15) is 35.2 Å². The molecule has 2 bridgehead atoms. The van der Waals surface area contributed by atoms with Crippen molar-refractivity contribution in [3.63, 3.8) is 0 Å². The van der Waals surface area contributed by atoms with Gasteiger partial charge in [-0.3, -0.25) is 9.69 Å². The van der Waals surface area contributed by atoms with Crippen LogP contribution in [0.4, 0.5) is 4.39 Å². The van der Waals surface area contributed by atoms with Crippen molar-refractivity contribution in [2.75, 3.05) is 26.2 Å². The number of nitrogens with one attached hydrogen (secondary N) is 1. The zero-order chi connectivity index (χ0) is 20.2. The van der Waals surface area contributed by atoms with Crippen LogP contribution < -0.4 is 15.8 Å². The van der Waals surface area contributed by atoms with E-state index in [1.165, 1.54) is 31.0 Å². The number of rotatable bonds is 7. The summed E-state index contributed by atoms with van der Waals surface area (Å²) in [6.45, 7) is 3.36. The van der Waals surface area contributed by atoms with Crippen LogP contribution in [0, 0.1) is 11.7 Å². The van der Waals surface area contributed by atoms with E-state index in [1.54, 1.807) is 0 Å².